The van der Waals surface area contributed by atoms with Crippen LogP contribution in [0.15, 0.2) is 41.1 Å². The normalized spacial score (nSPS) is 17.0. The lowest BCUT2D eigenvalue weighted by Gasteiger charge is -2.37. The Morgan fingerprint density at radius 3 is 2.64 bits per heavy atom. The molecule has 1 saturated heterocycles. The van der Waals surface area contributed by atoms with E-state index in [0.717, 1.165) is 49.0 Å². The Hall–Kier alpha value is -2.67. The number of fused-ring (bicyclic) bond motifs is 1. The quantitative estimate of drug-likeness (QED) is 0.723. The van der Waals surface area contributed by atoms with Gasteiger partial charge in [0.1, 0.15) is 5.52 Å². The highest BCUT2D eigenvalue weighted by Crippen LogP contribution is 2.26. The van der Waals surface area contributed by atoms with Gasteiger partial charge in [-0.05, 0) is 19.1 Å². The molecule has 2 aromatic heterocycles. The van der Waals surface area contributed by atoms with Crippen LogP contribution < -0.4 is 9.64 Å². The number of aromatic nitrogens is 3. The minimum atomic E-state index is 0.144. The summed E-state index contributed by atoms with van der Waals surface area (Å²) >= 11 is 0. The van der Waals surface area contributed by atoms with Crippen LogP contribution in [0.2, 0.25) is 0 Å². The van der Waals surface area contributed by atoms with Gasteiger partial charge in [0.25, 0.3) is 0 Å². The van der Waals surface area contributed by atoms with Gasteiger partial charge in [-0.25, -0.2) is 4.98 Å². The van der Waals surface area contributed by atoms with Crippen molar-refractivity contribution >= 4 is 16.9 Å². The van der Waals surface area contributed by atoms with Crippen LogP contribution in [-0.2, 0) is 0 Å². The molecule has 0 aliphatic carbocycles. The number of hydrogen-bond donors (Lipinski definition) is 0. The van der Waals surface area contributed by atoms with E-state index in [1.165, 1.54) is 0 Å². The molecule has 0 saturated carbocycles. The highest BCUT2D eigenvalue weighted by Gasteiger charge is 2.26. The summed E-state index contributed by atoms with van der Waals surface area (Å²) in [5, 5.41) is 0. The van der Waals surface area contributed by atoms with Crippen molar-refractivity contribution in [3.05, 3.63) is 42.5 Å². The number of nitrogens with zero attached hydrogens (tertiary/aromatic N) is 5. The van der Waals surface area contributed by atoms with Gasteiger partial charge in [-0.15, -0.1) is 0 Å². The minimum absolute atomic E-state index is 0.144. The molecule has 130 valence electrons. The predicted octanol–water partition coefficient (Wildman–Crippen LogP) is 2.51. The van der Waals surface area contributed by atoms with Crippen molar-refractivity contribution in [2.24, 2.45) is 0 Å². The second kappa shape index (κ2) is 6.68. The van der Waals surface area contributed by atoms with Gasteiger partial charge in [0, 0.05) is 26.2 Å². The van der Waals surface area contributed by atoms with Crippen LogP contribution in [0.3, 0.4) is 0 Å². The Morgan fingerprint density at radius 1 is 1.08 bits per heavy atom. The molecule has 0 bridgehead atoms. The first-order valence-electron chi connectivity index (χ1n) is 8.45. The average Bonchev–Trinajstić information content (AvgIpc) is 3.12. The second-order valence-corrected chi connectivity index (χ2v) is 6.14. The van der Waals surface area contributed by atoms with Crippen LogP contribution in [0.25, 0.3) is 11.1 Å². The van der Waals surface area contributed by atoms with E-state index in [1.54, 1.807) is 19.5 Å². The minimum Gasteiger partial charge on any atom is -0.480 e. The molecular weight excluding hydrogens is 318 g/mol. The third kappa shape index (κ3) is 3.15. The van der Waals surface area contributed by atoms with Gasteiger partial charge >= 0.3 is 0 Å². The number of oxazole rings is 1. The molecular formula is C18H21N5O2. The highest BCUT2D eigenvalue weighted by molar-refractivity contribution is 5.72. The van der Waals surface area contributed by atoms with Crippen molar-refractivity contribution in [3.63, 3.8) is 0 Å². The molecule has 7 nitrogen and oxygen atoms in total. The molecule has 3 aromatic rings. The van der Waals surface area contributed by atoms with Crippen LogP contribution in [0.1, 0.15) is 18.9 Å². The van der Waals surface area contributed by atoms with Crippen LogP contribution in [0.4, 0.5) is 5.82 Å². The molecule has 1 unspecified atom stereocenters. The molecule has 4 rings (SSSR count). The zero-order valence-corrected chi connectivity index (χ0v) is 14.4. The second-order valence-electron chi connectivity index (χ2n) is 6.14. The molecule has 1 atom stereocenters. The van der Waals surface area contributed by atoms with E-state index in [4.69, 9.17) is 9.15 Å². The van der Waals surface area contributed by atoms with Crippen molar-refractivity contribution in [2.45, 2.75) is 13.0 Å². The summed E-state index contributed by atoms with van der Waals surface area (Å²) in [6, 6.07) is 8.03. The number of benzene rings is 1. The first kappa shape index (κ1) is 15.8. The van der Waals surface area contributed by atoms with E-state index in [1.807, 2.05) is 24.3 Å². The molecule has 1 aromatic carbocycles. The third-order valence-electron chi connectivity index (χ3n) is 4.66. The van der Waals surface area contributed by atoms with Crippen molar-refractivity contribution < 1.29 is 9.15 Å². The zero-order chi connectivity index (χ0) is 17.2. The standard InChI is InChI=1S/C18H21N5O2/c1-13(18-20-14-5-3-4-6-15(14)25-18)22-7-9-23(10-8-22)16-11-19-12-17(21-16)24-2/h3-6,11-13H,7-10H2,1-2H3. The summed E-state index contributed by atoms with van der Waals surface area (Å²) in [6.45, 7) is 5.74. The lowest BCUT2D eigenvalue weighted by Crippen LogP contribution is -2.47. The van der Waals surface area contributed by atoms with Gasteiger partial charge in [-0.2, -0.15) is 4.98 Å². The summed E-state index contributed by atoms with van der Waals surface area (Å²) in [7, 11) is 1.60. The fourth-order valence-corrected chi connectivity index (χ4v) is 3.15. The van der Waals surface area contributed by atoms with Crippen LogP contribution in [0, 0.1) is 0 Å². The number of rotatable bonds is 4. The maximum Gasteiger partial charge on any atom is 0.233 e. The Morgan fingerprint density at radius 2 is 1.88 bits per heavy atom. The number of piperazine rings is 1. The van der Waals surface area contributed by atoms with Crippen LogP contribution >= 0.6 is 0 Å². The first-order chi connectivity index (χ1) is 12.2. The maximum absolute atomic E-state index is 5.92. The third-order valence-corrected chi connectivity index (χ3v) is 4.66. The number of ether oxygens (including phenoxy) is 1. The molecule has 0 radical (unpaired) electrons. The summed E-state index contributed by atoms with van der Waals surface area (Å²) < 4.78 is 11.1. The fourth-order valence-electron chi connectivity index (χ4n) is 3.15. The number of para-hydroxylation sites is 2. The summed E-state index contributed by atoms with van der Waals surface area (Å²) in [5.41, 5.74) is 1.75. The van der Waals surface area contributed by atoms with Crippen LogP contribution in [-0.4, -0.2) is 53.1 Å². The van der Waals surface area contributed by atoms with Gasteiger partial charge in [-0.3, -0.25) is 9.88 Å². The Bertz CT molecular complexity index is 824. The van der Waals surface area contributed by atoms with Crippen LogP contribution in [0.5, 0.6) is 5.88 Å². The summed E-state index contributed by atoms with van der Waals surface area (Å²) in [6.07, 6.45) is 3.40. The van der Waals surface area contributed by atoms with Gasteiger partial charge in [0.2, 0.25) is 11.8 Å². The maximum atomic E-state index is 5.92. The van der Waals surface area contributed by atoms with Crippen molar-refractivity contribution in [3.8, 4) is 5.88 Å². The monoisotopic (exact) mass is 339 g/mol. The zero-order valence-electron chi connectivity index (χ0n) is 14.4. The molecule has 25 heavy (non-hydrogen) atoms. The molecule has 1 aliphatic heterocycles. The number of hydrogen-bond acceptors (Lipinski definition) is 7. The van der Waals surface area contributed by atoms with E-state index in [2.05, 4.69) is 31.7 Å². The summed E-state index contributed by atoms with van der Waals surface area (Å²) in [4.78, 5) is 17.9. The Labute approximate surface area is 146 Å². The van der Waals surface area contributed by atoms with E-state index >= 15 is 0 Å². The molecule has 1 fully saturated rings. The molecule has 0 amide bonds. The van der Waals surface area contributed by atoms with E-state index in [9.17, 15) is 0 Å². The van der Waals surface area contributed by atoms with Crippen molar-refractivity contribution in [2.75, 3.05) is 38.2 Å². The SMILES string of the molecule is COc1cncc(N2CCN(C(C)c3nc4ccccc4o3)CC2)n1. The smallest absolute Gasteiger partial charge is 0.233 e. The summed E-state index contributed by atoms with van der Waals surface area (Å²) in [5.74, 6) is 2.17. The van der Waals surface area contributed by atoms with E-state index < -0.39 is 0 Å². The first-order valence-corrected chi connectivity index (χ1v) is 8.45. The van der Waals surface area contributed by atoms with E-state index in [-0.39, 0.29) is 6.04 Å². The van der Waals surface area contributed by atoms with E-state index in [0.29, 0.717) is 5.88 Å². The lowest BCUT2D eigenvalue weighted by molar-refractivity contribution is 0.174. The number of anilines is 1. The highest BCUT2D eigenvalue weighted by atomic mass is 16.5. The van der Waals surface area contributed by atoms with Gasteiger partial charge in [0.05, 0.1) is 25.5 Å². The molecule has 0 spiro atoms. The molecule has 1 aliphatic rings. The van der Waals surface area contributed by atoms with Crippen molar-refractivity contribution in [1.82, 2.24) is 19.9 Å². The largest absolute Gasteiger partial charge is 0.480 e. The molecule has 0 N–H and O–H groups in total. The van der Waals surface area contributed by atoms with Gasteiger partial charge in [0.15, 0.2) is 11.4 Å². The predicted molar refractivity (Wildman–Crippen MR) is 94.8 cm³/mol. The van der Waals surface area contributed by atoms with Gasteiger partial charge < -0.3 is 14.1 Å². The molecule has 7 heteroatoms. The average molecular weight is 339 g/mol. The molecule has 3 heterocycles. The Kier molecular flexibility index (Phi) is 4.23. The van der Waals surface area contributed by atoms with Crippen molar-refractivity contribution in [1.29, 1.82) is 0 Å². The van der Waals surface area contributed by atoms with Gasteiger partial charge in [-0.1, -0.05) is 12.1 Å². The Balaban J connectivity index is 1.44. The number of methoxy groups -OCH3 is 1. The fraction of sp³-hybridized carbons (Fsp3) is 0.389. The topological polar surface area (TPSA) is 67.5 Å². The lowest BCUT2D eigenvalue weighted by atomic mass is 10.2.